The second-order valence-electron chi connectivity index (χ2n) is 3.10. The smallest absolute Gasteiger partial charge is 0.237 e. The molecule has 0 saturated heterocycles. The zero-order valence-corrected chi connectivity index (χ0v) is 9.10. The van der Waals surface area contributed by atoms with E-state index in [1.54, 1.807) is 18.2 Å². The minimum atomic E-state index is -1.25. The summed E-state index contributed by atoms with van der Waals surface area (Å²) >= 11 is 0. The first kappa shape index (κ1) is 10.2. The van der Waals surface area contributed by atoms with Gasteiger partial charge in [0.25, 0.3) is 0 Å². The van der Waals surface area contributed by atoms with Crippen molar-refractivity contribution in [2.75, 3.05) is 17.7 Å². The molecule has 1 N–H and O–H groups in total. The molecule has 1 amide bonds. The molecular formula is C10H11NO3S. The monoisotopic (exact) mass is 225 g/mol. The molecule has 1 unspecified atom stereocenters. The normalized spacial score (nSPS) is 19.3. The molecule has 0 bridgehead atoms. The highest BCUT2D eigenvalue weighted by Crippen LogP contribution is 2.33. The molecule has 15 heavy (non-hydrogen) atoms. The van der Waals surface area contributed by atoms with Gasteiger partial charge in [-0.25, -0.2) is 0 Å². The van der Waals surface area contributed by atoms with Gasteiger partial charge in [-0.1, -0.05) is 6.07 Å². The van der Waals surface area contributed by atoms with Gasteiger partial charge < -0.3 is 10.1 Å². The minimum Gasteiger partial charge on any atom is -0.492 e. The predicted molar refractivity (Wildman–Crippen MR) is 57.5 cm³/mol. The van der Waals surface area contributed by atoms with Gasteiger partial charge in [0.05, 0.1) is 28.0 Å². The number of nitrogens with one attached hydrogen (secondary N) is 1. The van der Waals surface area contributed by atoms with Gasteiger partial charge in [0.1, 0.15) is 11.5 Å². The molecule has 1 aliphatic rings. The maximum atomic E-state index is 11.6. The molecule has 1 heterocycles. The molecule has 1 aromatic carbocycles. The number of carbonyl (C=O) groups is 1. The van der Waals surface area contributed by atoms with Gasteiger partial charge in [-0.05, 0) is 19.1 Å². The summed E-state index contributed by atoms with van der Waals surface area (Å²) in [7, 11) is -1.25. The van der Waals surface area contributed by atoms with Crippen LogP contribution in [0.15, 0.2) is 23.1 Å². The number of anilines is 1. The summed E-state index contributed by atoms with van der Waals surface area (Å²) in [5, 5.41) is 2.69. The largest absolute Gasteiger partial charge is 0.492 e. The molecule has 0 radical (unpaired) electrons. The summed E-state index contributed by atoms with van der Waals surface area (Å²) in [6.07, 6.45) is 0. The zero-order valence-electron chi connectivity index (χ0n) is 8.28. The van der Waals surface area contributed by atoms with Gasteiger partial charge in [0, 0.05) is 0 Å². The maximum absolute atomic E-state index is 11.6. The fourth-order valence-corrected chi connectivity index (χ4v) is 2.55. The predicted octanol–water partition coefficient (Wildman–Crippen LogP) is 1.14. The third-order valence-electron chi connectivity index (χ3n) is 2.06. The van der Waals surface area contributed by atoms with E-state index in [1.165, 1.54) is 0 Å². The molecule has 0 aromatic heterocycles. The number of benzene rings is 1. The molecule has 0 spiro atoms. The number of amides is 1. The Bertz CT molecular complexity index is 431. The molecule has 1 aromatic rings. The van der Waals surface area contributed by atoms with Crippen molar-refractivity contribution < 1.29 is 13.7 Å². The quantitative estimate of drug-likeness (QED) is 0.821. The molecule has 1 aliphatic heterocycles. The van der Waals surface area contributed by atoms with E-state index < -0.39 is 10.8 Å². The molecule has 0 fully saturated rings. The van der Waals surface area contributed by atoms with E-state index >= 15 is 0 Å². The summed E-state index contributed by atoms with van der Waals surface area (Å²) in [5.74, 6) is 0.382. The first-order chi connectivity index (χ1) is 7.22. The van der Waals surface area contributed by atoms with E-state index in [2.05, 4.69) is 5.32 Å². The van der Waals surface area contributed by atoms with Crippen molar-refractivity contribution in [1.82, 2.24) is 0 Å². The molecule has 80 valence electrons. The number of carbonyl (C=O) groups excluding carboxylic acids is 1. The topological polar surface area (TPSA) is 55.4 Å². The van der Waals surface area contributed by atoms with E-state index in [0.29, 0.717) is 22.9 Å². The van der Waals surface area contributed by atoms with Crippen molar-refractivity contribution in [3.8, 4) is 5.75 Å². The Kier molecular flexibility index (Phi) is 2.73. The standard InChI is InChI=1S/C10H11NO3S/c1-2-14-7-4-3-5-8-10(7)11-9(12)6-15(8)13/h3-5H,2,6H2,1H3,(H,11,12). The lowest BCUT2D eigenvalue weighted by molar-refractivity contribution is -0.114. The fourth-order valence-electron chi connectivity index (χ4n) is 1.47. The lowest BCUT2D eigenvalue weighted by atomic mass is 10.3. The molecule has 0 saturated carbocycles. The van der Waals surface area contributed by atoms with Gasteiger partial charge in [-0.2, -0.15) is 0 Å². The highest BCUT2D eigenvalue weighted by atomic mass is 32.2. The Morgan fingerprint density at radius 1 is 1.53 bits per heavy atom. The summed E-state index contributed by atoms with van der Waals surface area (Å²) in [4.78, 5) is 11.9. The van der Waals surface area contributed by atoms with E-state index in [1.807, 2.05) is 6.92 Å². The van der Waals surface area contributed by atoms with Crippen molar-refractivity contribution in [2.24, 2.45) is 0 Å². The lowest BCUT2D eigenvalue weighted by Gasteiger charge is -2.19. The average molecular weight is 225 g/mol. The van der Waals surface area contributed by atoms with Crippen LogP contribution in [-0.2, 0) is 15.6 Å². The summed E-state index contributed by atoms with van der Waals surface area (Å²) in [6.45, 7) is 2.37. The van der Waals surface area contributed by atoms with Crippen molar-refractivity contribution in [2.45, 2.75) is 11.8 Å². The Morgan fingerprint density at radius 2 is 2.33 bits per heavy atom. The summed E-state index contributed by atoms with van der Waals surface area (Å²) in [6, 6.07) is 5.28. The van der Waals surface area contributed by atoms with Crippen LogP contribution in [0.4, 0.5) is 5.69 Å². The van der Waals surface area contributed by atoms with Crippen LogP contribution in [0.1, 0.15) is 6.92 Å². The Balaban J connectivity index is 2.49. The van der Waals surface area contributed by atoms with E-state index in [9.17, 15) is 9.00 Å². The Labute approximate surface area is 90.1 Å². The number of para-hydroxylation sites is 1. The van der Waals surface area contributed by atoms with Crippen LogP contribution in [0, 0.1) is 0 Å². The first-order valence-corrected chi connectivity index (χ1v) is 5.98. The highest BCUT2D eigenvalue weighted by molar-refractivity contribution is 7.86. The Hall–Kier alpha value is -1.36. The Morgan fingerprint density at radius 3 is 3.07 bits per heavy atom. The van der Waals surface area contributed by atoms with Crippen LogP contribution in [0.25, 0.3) is 0 Å². The van der Waals surface area contributed by atoms with Gasteiger partial charge in [-0.15, -0.1) is 0 Å². The molecule has 5 heteroatoms. The van der Waals surface area contributed by atoms with E-state index in [-0.39, 0.29) is 11.7 Å². The molecular weight excluding hydrogens is 214 g/mol. The lowest BCUT2D eigenvalue weighted by Crippen LogP contribution is -2.26. The number of fused-ring (bicyclic) bond motifs is 1. The summed E-state index contributed by atoms with van der Waals surface area (Å²) < 4.78 is 17.0. The number of hydrogen-bond acceptors (Lipinski definition) is 3. The number of hydrogen-bond donors (Lipinski definition) is 1. The number of rotatable bonds is 2. The van der Waals surface area contributed by atoms with Gasteiger partial charge in [0.15, 0.2) is 0 Å². The van der Waals surface area contributed by atoms with Crippen LogP contribution in [0.2, 0.25) is 0 Å². The van der Waals surface area contributed by atoms with Crippen molar-refractivity contribution in [1.29, 1.82) is 0 Å². The van der Waals surface area contributed by atoms with Crippen LogP contribution in [-0.4, -0.2) is 22.5 Å². The highest BCUT2D eigenvalue weighted by Gasteiger charge is 2.23. The van der Waals surface area contributed by atoms with Gasteiger partial charge >= 0.3 is 0 Å². The molecule has 4 nitrogen and oxygen atoms in total. The fraction of sp³-hybridized carbons (Fsp3) is 0.300. The maximum Gasteiger partial charge on any atom is 0.237 e. The van der Waals surface area contributed by atoms with E-state index in [0.717, 1.165) is 0 Å². The third-order valence-corrected chi connectivity index (χ3v) is 3.41. The summed E-state index contributed by atoms with van der Waals surface area (Å²) in [5.41, 5.74) is 0.550. The van der Waals surface area contributed by atoms with Crippen LogP contribution in [0.3, 0.4) is 0 Å². The first-order valence-electron chi connectivity index (χ1n) is 4.66. The SMILES string of the molecule is CCOc1cccc2c1NC(=O)CS2=O. The third kappa shape index (κ3) is 1.87. The van der Waals surface area contributed by atoms with Crippen LogP contribution in [0.5, 0.6) is 5.75 Å². The van der Waals surface area contributed by atoms with E-state index in [4.69, 9.17) is 4.74 Å². The second-order valence-corrected chi connectivity index (χ2v) is 4.52. The molecule has 2 rings (SSSR count). The van der Waals surface area contributed by atoms with Crippen molar-refractivity contribution in [3.63, 3.8) is 0 Å². The average Bonchev–Trinajstić information content (AvgIpc) is 2.19. The minimum absolute atomic E-state index is 0.0303. The van der Waals surface area contributed by atoms with Gasteiger partial charge in [0.2, 0.25) is 5.91 Å². The second kappa shape index (κ2) is 4.02. The molecule has 1 atom stereocenters. The van der Waals surface area contributed by atoms with Crippen molar-refractivity contribution >= 4 is 22.4 Å². The zero-order chi connectivity index (χ0) is 10.8. The van der Waals surface area contributed by atoms with Crippen LogP contribution < -0.4 is 10.1 Å². The van der Waals surface area contributed by atoms with Crippen LogP contribution >= 0.6 is 0 Å². The van der Waals surface area contributed by atoms with Gasteiger partial charge in [-0.3, -0.25) is 9.00 Å². The number of ether oxygens (including phenoxy) is 1. The van der Waals surface area contributed by atoms with Crippen molar-refractivity contribution in [3.05, 3.63) is 18.2 Å². The molecule has 0 aliphatic carbocycles.